The SMILES string of the molecule is Cc1cccc(-n2c(SCC(=O)N(CC(C)C)CC(C)C)nc3ccccc3c2=O)c1C. The Morgan fingerprint density at radius 1 is 1.00 bits per heavy atom. The summed E-state index contributed by atoms with van der Waals surface area (Å²) < 4.78 is 1.66. The Labute approximate surface area is 194 Å². The van der Waals surface area contributed by atoms with E-state index in [-0.39, 0.29) is 17.2 Å². The Balaban J connectivity index is 2.03. The smallest absolute Gasteiger partial charge is 0.266 e. The van der Waals surface area contributed by atoms with Gasteiger partial charge in [-0.3, -0.25) is 14.2 Å². The van der Waals surface area contributed by atoms with Gasteiger partial charge in [0.15, 0.2) is 5.16 Å². The monoisotopic (exact) mass is 451 g/mol. The molecule has 1 heterocycles. The van der Waals surface area contributed by atoms with Gasteiger partial charge in [-0.05, 0) is 55.0 Å². The largest absolute Gasteiger partial charge is 0.341 e. The summed E-state index contributed by atoms with van der Waals surface area (Å²) in [6.07, 6.45) is 0. The number of carbonyl (C=O) groups excluding carboxylic acids is 1. The number of para-hydroxylation sites is 1. The van der Waals surface area contributed by atoms with Crippen LogP contribution in [0.3, 0.4) is 0 Å². The van der Waals surface area contributed by atoms with Crippen molar-refractivity contribution in [3.63, 3.8) is 0 Å². The van der Waals surface area contributed by atoms with Crippen molar-refractivity contribution < 1.29 is 4.79 Å². The van der Waals surface area contributed by atoms with Crippen LogP contribution in [-0.2, 0) is 4.79 Å². The molecule has 0 saturated carbocycles. The highest BCUT2D eigenvalue weighted by Crippen LogP contribution is 2.25. The van der Waals surface area contributed by atoms with Crippen LogP contribution in [0.15, 0.2) is 52.4 Å². The van der Waals surface area contributed by atoms with Crippen molar-refractivity contribution >= 4 is 28.6 Å². The number of fused-ring (bicyclic) bond motifs is 1. The molecule has 1 aromatic heterocycles. The molecule has 5 nitrogen and oxygen atoms in total. The first-order valence-corrected chi connectivity index (χ1v) is 12.2. The lowest BCUT2D eigenvalue weighted by Gasteiger charge is -2.26. The van der Waals surface area contributed by atoms with Crippen molar-refractivity contribution in [2.75, 3.05) is 18.8 Å². The molecule has 0 radical (unpaired) electrons. The van der Waals surface area contributed by atoms with Gasteiger partial charge in [0.2, 0.25) is 5.91 Å². The molecule has 0 bridgehead atoms. The van der Waals surface area contributed by atoms with Gasteiger partial charge in [-0.1, -0.05) is 63.7 Å². The van der Waals surface area contributed by atoms with Crippen molar-refractivity contribution in [2.24, 2.45) is 11.8 Å². The Bertz CT molecular complexity index is 1160. The maximum Gasteiger partial charge on any atom is 0.266 e. The zero-order chi connectivity index (χ0) is 23.4. The Kier molecular flexibility index (Phi) is 7.77. The first kappa shape index (κ1) is 24.1. The van der Waals surface area contributed by atoms with Crippen LogP contribution in [0, 0.1) is 25.7 Å². The summed E-state index contributed by atoms with van der Waals surface area (Å²) in [6, 6.07) is 13.3. The molecule has 0 saturated heterocycles. The van der Waals surface area contributed by atoms with Crippen LogP contribution < -0.4 is 5.56 Å². The normalized spacial score (nSPS) is 11.5. The molecule has 32 heavy (non-hydrogen) atoms. The van der Waals surface area contributed by atoms with Crippen molar-refractivity contribution in [3.8, 4) is 5.69 Å². The van der Waals surface area contributed by atoms with E-state index in [1.807, 2.05) is 55.1 Å². The lowest BCUT2D eigenvalue weighted by molar-refractivity contribution is -0.129. The molecule has 6 heteroatoms. The van der Waals surface area contributed by atoms with Gasteiger partial charge in [0.25, 0.3) is 5.56 Å². The average molecular weight is 452 g/mol. The molecule has 0 aliphatic carbocycles. The van der Waals surface area contributed by atoms with E-state index in [4.69, 9.17) is 4.98 Å². The number of benzene rings is 2. The standard InChI is InChI=1S/C26H33N3O2S/c1-17(2)14-28(15-18(3)4)24(30)16-32-26-27-22-12-8-7-11-21(22)25(31)29(26)23-13-9-10-19(5)20(23)6/h7-13,17-18H,14-16H2,1-6H3. The molecule has 0 atom stereocenters. The van der Waals surface area contributed by atoms with E-state index in [0.29, 0.717) is 27.9 Å². The molecule has 2 aromatic carbocycles. The third-order valence-corrected chi connectivity index (χ3v) is 6.33. The average Bonchev–Trinajstić information content (AvgIpc) is 2.73. The van der Waals surface area contributed by atoms with Crippen LogP contribution in [0.4, 0.5) is 0 Å². The minimum absolute atomic E-state index is 0.0762. The second-order valence-corrected chi connectivity index (χ2v) is 10.1. The van der Waals surface area contributed by atoms with Gasteiger partial charge in [-0.25, -0.2) is 4.98 Å². The van der Waals surface area contributed by atoms with Crippen molar-refractivity contribution in [2.45, 2.75) is 46.7 Å². The van der Waals surface area contributed by atoms with Gasteiger partial charge in [0.1, 0.15) is 0 Å². The van der Waals surface area contributed by atoms with E-state index in [1.165, 1.54) is 11.8 Å². The molecule has 170 valence electrons. The predicted molar refractivity (Wildman–Crippen MR) is 134 cm³/mol. The van der Waals surface area contributed by atoms with Gasteiger partial charge in [-0.2, -0.15) is 0 Å². The van der Waals surface area contributed by atoms with E-state index in [1.54, 1.807) is 10.6 Å². The number of aryl methyl sites for hydroxylation is 1. The number of hydrogen-bond donors (Lipinski definition) is 0. The zero-order valence-corrected chi connectivity index (χ0v) is 20.7. The second-order valence-electron chi connectivity index (χ2n) is 9.15. The van der Waals surface area contributed by atoms with Gasteiger partial charge < -0.3 is 4.90 Å². The highest BCUT2D eigenvalue weighted by Gasteiger charge is 2.20. The fraction of sp³-hybridized carbons (Fsp3) is 0.423. The summed E-state index contributed by atoms with van der Waals surface area (Å²) in [7, 11) is 0. The quantitative estimate of drug-likeness (QED) is 0.347. The van der Waals surface area contributed by atoms with Crippen LogP contribution in [0.1, 0.15) is 38.8 Å². The molecule has 0 aliphatic heterocycles. The fourth-order valence-corrected chi connectivity index (χ4v) is 4.69. The highest BCUT2D eigenvalue weighted by atomic mass is 32.2. The van der Waals surface area contributed by atoms with E-state index < -0.39 is 0 Å². The lowest BCUT2D eigenvalue weighted by Crippen LogP contribution is -2.38. The number of thioether (sulfide) groups is 1. The number of aromatic nitrogens is 2. The van der Waals surface area contributed by atoms with Gasteiger partial charge in [-0.15, -0.1) is 0 Å². The molecule has 0 fully saturated rings. The molecule has 0 N–H and O–H groups in total. The number of carbonyl (C=O) groups is 1. The molecule has 3 rings (SSSR count). The molecule has 1 amide bonds. The number of hydrogen-bond acceptors (Lipinski definition) is 4. The second kappa shape index (κ2) is 10.3. The van der Waals surface area contributed by atoms with Crippen LogP contribution >= 0.6 is 11.8 Å². The molecule has 3 aromatic rings. The molecule has 0 unspecified atom stereocenters. The summed E-state index contributed by atoms with van der Waals surface area (Å²) in [4.78, 5) is 33.3. The highest BCUT2D eigenvalue weighted by molar-refractivity contribution is 7.99. The van der Waals surface area contributed by atoms with Crippen molar-refractivity contribution in [1.29, 1.82) is 0 Å². The summed E-state index contributed by atoms with van der Waals surface area (Å²) in [5.41, 5.74) is 3.48. The van der Waals surface area contributed by atoms with Crippen LogP contribution in [0.2, 0.25) is 0 Å². The maximum absolute atomic E-state index is 13.5. The van der Waals surface area contributed by atoms with E-state index in [2.05, 4.69) is 27.7 Å². The lowest BCUT2D eigenvalue weighted by atomic mass is 10.1. The first-order valence-electron chi connectivity index (χ1n) is 11.2. The Morgan fingerprint density at radius 3 is 2.31 bits per heavy atom. The van der Waals surface area contributed by atoms with E-state index in [9.17, 15) is 9.59 Å². The van der Waals surface area contributed by atoms with Gasteiger partial charge in [0.05, 0.1) is 22.3 Å². The molecule has 0 aliphatic rings. The zero-order valence-electron chi connectivity index (χ0n) is 19.9. The number of nitrogens with zero attached hydrogens (tertiary/aromatic N) is 3. The Morgan fingerprint density at radius 2 is 1.66 bits per heavy atom. The Hall–Kier alpha value is -2.60. The van der Waals surface area contributed by atoms with Crippen molar-refractivity contribution in [1.82, 2.24) is 14.5 Å². The molecular formula is C26H33N3O2S. The first-order chi connectivity index (χ1) is 15.2. The summed E-state index contributed by atoms with van der Waals surface area (Å²) in [5, 5.41) is 1.12. The minimum atomic E-state index is -0.111. The third kappa shape index (κ3) is 5.41. The molecule has 0 spiro atoms. The third-order valence-electron chi connectivity index (χ3n) is 5.41. The summed E-state index contributed by atoms with van der Waals surface area (Å²) in [5.74, 6) is 1.12. The topological polar surface area (TPSA) is 55.2 Å². The van der Waals surface area contributed by atoms with E-state index in [0.717, 1.165) is 29.9 Å². The minimum Gasteiger partial charge on any atom is -0.341 e. The van der Waals surface area contributed by atoms with Crippen LogP contribution in [0.25, 0.3) is 16.6 Å². The molecular weight excluding hydrogens is 418 g/mol. The van der Waals surface area contributed by atoms with Crippen molar-refractivity contribution in [3.05, 3.63) is 63.9 Å². The van der Waals surface area contributed by atoms with Crippen LogP contribution in [-0.4, -0.2) is 39.2 Å². The fourth-order valence-electron chi connectivity index (χ4n) is 3.78. The summed E-state index contributed by atoms with van der Waals surface area (Å²) in [6.45, 7) is 14.0. The number of amides is 1. The van der Waals surface area contributed by atoms with Crippen LogP contribution in [0.5, 0.6) is 0 Å². The maximum atomic E-state index is 13.5. The van der Waals surface area contributed by atoms with Gasteiger partial charge >= 0.3 is 0 Å². The van der Waals surface area contributed by atoms with E-state index >= 15 is 0 Å². The summed E-state index contributed by atoms with van der Waals surface area (Å²) >= 11 is 1.34. The predicted octanol–water partition coefficient (Wildman–Crippen LogP) is 5.24. The van der Waals surface area contributed by atoms with Gasteiger partial charge in [0, 0.05) is 13.1 Å². The number of rotatable bonds is 8.